The van der Waals surface area contributed by atoms with Crippen molar-refractivity contribution in [2.24, 2.45) is 0 Å². The van der Waals surface area contributed by atoms with Gasteiger partial charge in [-0.15, -0.1) is 0 Å². The molecule has 0 aliphatic rings. The Kier molecular flexibility index (Phi) is 41.6. The Bertz CT molecular complexity index is 1060. The average molecular weight is 860 g/mol. The monoisotopic (exact) mass is 860 g/mol. The van der Waals surface area contributed by atoms with E-state index in [1.54, 1.807) is 0 Å². The van der Waals surface area contributed by atoms with E-state index in [1.165, 1.54) is 154 Å². The highest BCUT2D eigenvalue weighted by atomic mass is 31.2. The number of phosphoric acid groups is 1. The number of unbranched alkanes of at least 4 members (excludes halogenated alkanes) is 30. The molecule has 0 saturated heterocycles. The Labute approximate surface area is 360 Å². The molecule has 0 fully saturated rings. The standard InChI is InChI=1S/C47H90NO10P/c1-3-5-7-9-11-13-15-17-19-21-23-24-26-28-30-32-34-36-38-45(50)48-44(47(52)53)42-58-59(54,55)57-41-43(49)40-56-46(51)39-37-35-33-31-29-27-25-22-20-18-16-14-12-10-8-6-4-2/h18,20,43-44,49H,3-17,19,21-42H2,1-2H3,(H,48,50)(H,52,53)(H,54,55)/b20-18-. The van der Waals surface area contributed by atoms with Crippen molar-refractivity contribution >= 4 is 25.7 Å². The van der Waals surface area contributed by atoms with Gasteiger partial charge in [0.1, 0.15) is 12.7 Å². The Morgan fingerprint density at radius 1 is 0.525 bits per heavy atom. The summed E-state index contributed by atoms with van der Waals surface area (Å²) >= 11 is 0. The number of carboxylic acids is 1. The van der Waals surface area contributed by atoms with Gasteiger partial charge in [-0.2, -0.15) is 0 Å². The van der Waals surface area contributed by atoms with Crippen molar-refractivity contribution in [2.45, 2.75) is 251 Å². The van der Waals surface area contributed by atoms with Crippen molar-refractivity contribution in [3.8, 4) is 0 Å². The number of esters is 1. The van der Waals surface area contributed by atoms with Crippen LogP contribution in [0.4, 0.5) is 0 Å². The highest BCUT2D eigenvalue weighted by Crippen LogP contribution is 2.43. The fourth-order valence-electron chi connectivity index (χ4n) is 7.02. The maximum absolute atomic E-state index is 12.3. The minimum Gasteiger partial charge on any atom is -0.480 e. The van der Waals surface area contributed by atoms with Crippen molar-refractivity contribution in [2.75, 3.05) is 19.8 Å². The molecule has 1 amide bonds. The zero-order valence-electron chi connectivity index (χ0n) is 37.8. The van der Waals surface area contributed by atoms with Crippen LogP contribution in [0.3, 0.4) is 0 Å². The van der Waals surface area contributed by atoms with Gasteiger partial charge in [-0.25, -0.2) is 9.36 Å². The van der Waals surface area contributed by atoms with Crippen LogP contribution in [0.1, 0.15) is 239 Å². The molecule has 0 bridgehead atoms. The maximum atomic E-state index is 12.3. The summed E-state index contributed by atoms with van der Waals surface area (Å²) < 4.78 is 26.9. The molecule has 0 aromatic heterocycles. The van der Waals surface area contributed by atoms with Gasteiger partial charge in [0.15, 0.2) is 6.04 Å². The van der Waals surface area contributed by atoms with E-state index >= 15 is 0 Å². The van der Waals surface area contributed by atoms with Gasteiger partial charge in [-0.05, 0) is 38.5 Å². The quantitative estimate of drug-likeness (QED) is 0.0200. The van der Waals surface area contributed by atoms with Gasteiger partial charge < -0.3 is 25.2 Å². The van der Waals surface area contributed by atoms with E-state index in [0.717, 1.165) is 44.9 Å². The molecule has 0 aliphatic heterocycles. The van der Waals surface area contributed by atoms with Crippen LogP contribution in [-0.4, -0.2) is 64.9 Å². The summed E-state index contributed by atoms with van der Waals surface area (Å²) in [6, 6.07) is -1.54. The first-order valence-corrected chi connectivity index (χ1v) is 25.7. The molecule has 4 N–H and O–H groups in total. The largest absolute Gasteiger partial charge is 0.480 e. The lowest BCUT2D eigenvalue weighted by Gasteiger charge is -2.18. The van der Waals surface area contributed by atoms with E-state index in [2.05, 4.69) is 31.3 Å². The lowest BCUT2D eigenvalue weighted by Crippen LogP contribution is -2.43. The van der Waals surface area contributed by atoms with Gasteiger partial charge >= 0.3 is 19.8 Å². The molecule has 0 aromatic carbocycles. The summed E-state index contributed by atoms with van der Waals surface area (Å²) in [7, 11) is -4.75. The predicted octanol–water partition coefficient (Wildman–Crippen LogP) is 12.8. The van der Waals surface area contributed by atoms with Gasteiger partial charge in [0.05, 0.1) is 13.2 Å². The summed E-state index contributed by atoms with van der Waals surface area (Å²) in [5, 5.41) is 21.9. The van der Waals surface area contributed by atoms with E-state index in [9.17, 15) is 34.1 Å². The zero-order valence-corrected chi connectivity index (χ0v) is 38.7. The van der Waals surface area contributed by atoms with Crippen LogP contribution in [0.5, 0.6) is 0 Å². The van der Waals surface area contributed by atoms with Crippen LogP contribution in [0, 0.1) is 0 Å². The third kappa shape index (κ3) is 42.7. The first-order chi connectivity index (χ1) is 28.6. The second-order valence-electron chi connectivity index (χ2n) is 16.7. The van der Waals surface area contributed by atoms with Crippen molar-refractivity contribution in [1.29, 1.82) is 0 Å². The number of carbonyl (C=O) groups is 3. The average Bonchev–Trinajstić information content (AvgIpc) is 3.21. The van der Waals surface area contributed by atoms with Gasteiger partial charge in [0.25, 0.3) is 0 Å². The van der Waals surface area contributed by atoms with Crippen molar-refractivity contribution in [1.82, 2.24) is 5.32 Å². The van der Waals surface area contributed by atoms with Crippen molar-refractivity contribution < 1.29 is 47.8 Å². The van der Waals surface area contributed by atoms with E-state index < -0.39 is 57.6 Å². The number of aliphatic hydroxyl groups is 1. The van der Waals surface area contributed by atoms with E-state index in [4.69, 9.17) is 13.8 Å². The molecule has 0 aromatic rings. The number of phosphoric ester groups is 1. The lowest BCUT2D eigenvalue weighted by atomic mass is 10.0. The number of carboxylic acid groups (broad SMARTS) is 1. The molecule has 59 heavy (non-hydrogen) atoms. The normalized spacial score (nSPS) is 13.7. The molecule has 3 atom stereocenters. The van der Waals surface area contributed by atoms with E-state index in [0.29, 0.717) is 12.8 Å². The molecule has 0 radical (unpaired) electrons. The van der Waals surface area contributed by atoms with Gasteiger partial charge in [-0.3, -0.25) is 18.6 Å². The van der Waals surface area contributed by atoms with Crippen LogP contribution in [0.2, 0.25) is 0 Å². The number of hydrogen-bond donors (Lipinski definition) is 4. The number of allylic oxidation sites excluding steroid dienone is 2. The van der Waals surface area contributed by atoms with Gasteiger partial charge in [0.2, 0.25) is 5.91 Å². The predicted molar refractivity (Wildman–Crippen MR) is 240 cm³/mol. The maximum Gasteiger partial charge on any atom is 0.472 e. The Morgan fingerprint density at radius 2 is 0.881 bits per heavy atom. The Balaban J connectivity index is 3.83. The highest BCUT2D eigenvalue weighted by molar-refractivity contribution is 7.47. The first-order valence-electron chi connectivity index (χ1n) is 24.2. The minimum absolute atomic E-state index is 0.151. The number of aliphatic carboxylic acids is 1. The Hall–Kier alpha value is -1.78. The SMILES string of the molecule is CCCCCCCC/C=C\CCCCCCCCCC(=O)OCC(O)COP(=O)(O)OCC(NC(=O)CCCCCCCCCCCCCCCCCCCC)C(=O)O. The molecule has 12 heteroatoms. The van der Waals surface area contributed by atoms with Crippen LogP contribution in [-0.2, 0) is 32.7 Å². The number of amides is 1. The topological polar surface area (TPSA) is 169 Å². The number of hydrogen-bond acceptors (Lipinski definition) is 8. The third-order valence-electron chi connectivity index (χ3n) is 10.8. The highest BCUT2D eigenvalue weighted by Gasteiger charge is 2.28. The number of nitrogens with one attached hydrogen (secondary N) is 1. The molecule has 3 unspecified atom stereocenters. The minimum atomic E-state index is -4.75. The number of carbonyl (C=O) groups excluding carboxylic acids is 2. The molecule has 11 nitrogen and oxygen atoms in total. The summed E-state index contributed by atoms with van der Waals surface area (Å²) in [5.74, 6) is -2.36. The molecular formula is C47H90NO10P. The van der Waals surface area contributed by atoms with Crippen LogP contribution in [0.25, 0.3) is 0 Å². The second-order valence-corrected chi connectivity index (χ2v) is 18.1. The summed E-state index contributed by atoms with van der Waals surface area (Å²) in [5.41, 5.74) is 0. The summed E-state index contributed by atoms with van der Waals surface area (Å²) in [4.78, 5) is 46.0. The fraction of sp³-hybridized carbons (Fsp3) is 0.894. The number of ether oxygens (including phenoxy) is 1. The van der Waals surface area contributed by atoms with E-state index in [1.807, 2.05) is 0 Å². The molecule has 348 valence electrons. The van der Waals surface area contributed by atoms with Gasteiger partial charge in [0, 0.05) is 12.8 Å². The van der Waals surface area contributed by atoms with Crippen LogP contribution in [0.15, 0.2) is 12.2 Å². The summed E-state index contributed by atoms with van der Waals surface area (Å²) in [6.07, 6.45) is 43.7. The molecule has 0 rings (SSSR count). The van der Waals surface area contributed by atoms with Crippen LogP contribution < -0.4 is 5.32 Å². The molecular weight excluding hydrogens is 769 g/mol. The van der Waals surface area contributed by atoms with E-state index in [-0.39, 0.29) is 12.8 Å². The smallest absolute Gasteiger partial charge is 0.472 e. The fourth-order valence-corrected chi connectivity index (χ4v) is 7.79. The Morgan fingerprint density at radius 3 is 1.29 bits per heavy atom. The molecule has 0 heterocycles. The molecule has 0 spiro atoms. The summed E-state index contributed by atoms with van der Waals surface area (Å²) in [6.45, 7) is 2.62. The van der Waals surface area contributed by atoms with Crippen molar-refractivity contribution in [3.05, 3.63) is 12.2 Å². The molecule has 0 aliphatic carbocycles. The second kappa shape index (κ2) is 42.9. The number of aliphatic hydroxyl groups excluding tert-OH is 1. The first kappa shape index (κ1) is 57.2. The molecule has 0 saturated carbocycles. The zero-order chi connectivity index (χ0) is 43.5. The third-order valence-corrected chi connectivity index (χ3v) is 11.8. The van der Waals surface area contributed by atoms with Crippen molar-refractivity contribution in [3.63, 3.8) is 0 Å². The lowest BCUT2D eigenvalue weighted by molar-refractivity contribution is -0.147. The number of rotatable bonds is 46. The van der Waals surface area contributed by atoms with Crippen LogP contribution >= 0.6 is 7.82 Å². The van der Waals surface area contributed by atoms with Gasteiger partial charge in [-0.1, -0.05) is 199 Å².